The summed E-state index contributed by atoms with van der Waals surface area (Å²) in [5, 5.41) is 0. The Morgan fingerprint density at radius 2 is 2.18 bits per heavy atom. The molecule has 3 rings (SSSR count). The van der Waals surface area contributed by atoms with Gasteiger partial charge in [-0.2, -0.15) is 0 Å². The Labute approximate surface area is 131 Å². The monoisotopic (exact) mass is 301 g/mol. The van der Waals surface area contributed by atoms with Crippen molar-refractivity contribution < 1.29 is 9.59 Å². The van der Waals surface area contributed by atoms with E-state index in [2.05, 4.69) is 4.98 Å². The van der Waals surface area contributed by atoms with Crippen molar-refractivity contribution in [2.24, 2.45) is 5.92 Å². The van der Waals surface area contributed by atoms with Crippen LogP contribution in [0.1, 0.15) is 31.4 Å². The summed E-state index contributed by atoms with van der Waals surface area (Å²) >= 11 is 0. The van der Waals surface area contributed by atoms with Gasteiger partial charge in [0, 0.05) is 50.9 Å². The van der Waals surface area contributed by atoms with Crippen LogP contribution in [0.2, 0.25) is 0 Å². The van der Waals surface area contributed by atoms with E-state index in [0.29, 0.717) is 32.0 Å². The molecule has 5 nitrogen and oxygen atoms in total. The first-order valence-corrected chi connectivity index (χ1v) is 8.09. The fourth-order valence-electron chi connectivity index (χ4n) is 3.06. The molecule has 0 unspecified atom stereocenters. The van der Waals surface area contributed by atoms with E-state index in [9.17, 15) is 9.59 Å². The van der Waals surface area contributed by atoms with Crippen LogP contribution in [0.4, 0.5) is 0 Å². The second-order valence-electron chi connectivity index (χ2n) is 6.34. The van der Waals surface area contributed by atoms with E-state index >= 15 is 0 Å². The number of aromatic nitrogens is 1. The molecule has 0 spiro atoms. The Balaban J connectivity index is 1.52. The quantitative estimate of drug-likeness (QED) is 0.828. The van der Waals surface area contributed by atoms with Gasteiger partial charge in [0.05, 0.1) is 5.92 Å². The van der Waals surface area contributed by atoms with Gasteiger partial charge < -0.3 is 9.80 Å². The van der Waals surface area contributed by atoms with Gasteiger partial charge in [-0.15, -0.1) is 0 Å². The number of likely N-dealkylation sites (tertiary alicyclic amines) is 1. The fourth-order valence-corrected chi connectivity index (χ4v) is 3.06. The lowest BCUT2D eigenvalue weighted by Gasteiger charge is -2.34. The van der Waals surface area contributed by atoms with Crippen molar-refractivity contribution in [2.75, 3.05) is 20.1 Å². The summed E-state index contributed by atoms with van der Waals surface area (Å²) in [6, 6.07) is 6.24. The van der Waals surface area contributed by atoms with E-state index in [1.807, 2.05) is 30.1 Å². The van der Waals surface area contributed by atoms with Crippen LogP contribution in [0, 0.1) is 5.92 Å². The number of amides is 2. The van der Waals surface area contributed by atoms with Gasteiger partial charge in [-0.25, -0.2) is 0 Å². The predicted molar refractivity (Wildman–Crippen MR) is 83.0 cm³/mol. The van der Waals surface area contributed by atoms with Crippen molar-refractivity contribution in [3.05, 3.63) is 30.1 Å². The molecule has 5 heteroatoms. The molecule has 2 heterocycles. The van der Waals surface area contributed by atoms with Gasteiger partial charge in [-0.05, 0) is 31.4 Å². The van der Waals surface area contributed by atoms with Gasteiger partial charge >= 0.3 is 0 Å². The highest BCUT2D eigenvalue weighted by Crippen LogP contribution is 2.32. The lowest BCUT2D eigenvalue weighted by molar-refractivity contribution is -0.142. The van der Waals surface area contributed by atoms with E-state index in [1.54, 1.807) is 11.1 Å². The molecular weight excluding hydrogens is 278 g/mol. The van der Waals surface area contributed by atoms with Gasteiger partial charge in [0.2, 0.25) is 11.8 Å². The molecular formula is C17H23N3O2. The second-order valence-corrected chi connectivity index (χ2v) is 6.34. The molecule has 1 aromatic heterocycles. The van der Waals surface area contributed by atoms with Crippen molar-refractivity contribution in [3.63, 3.8) is 0 Å². The van der Waals surface area contributed by atoms with E-state index < -0.39 is 0 Å². The number of piperidine rings is 1. The molecule has 1 aliphatic heterocycles. The molecule has 1 aromatic rings. The van der Waals surface area contributed by atoms with Crippen LogP contribution in [0.5, 0.6) is 0 Å². The Kier molecular flexibility index (Phi) is 4.41. The number of hydrogen-bond donors (Lipinski definition) is 0. The Bertz CT molecular complexity index is 542. The molecule has 0 aromatic carbocycles. The zero-order valence-electron chi connectivity index (χ0n) is 13.1. The highest BCUT2D eigenvalue weighted by atomic mass is 16.2. The molecule has 2 amide bonds. The van der Waals surface area contributed by atoms with E-state index in [1.165, 1.54) is 0 Å². The third-order valence-corrected chi connectivity index (χ3v) is 4.59. The molecule has 1 atom stereocenters. The summed E-state index contributed by atoms with van der Waals surface area (Å²) in [7, 11) is 1.85. The van der Waals surface area contributed by atoms with E-state index in [4.69, 9.17) is 0 Å². The molecule has 0 radical (unpaired) electrons. The maximum Gasteiger partial charge on any atom is 0.227 e. The first-order valence-electron chi connectivity index (χ1n) is 8.09. The Morgan fingerprint density at radius 3 is 2.86 bits per heavy atom. The third-order valence-electron chi connectivity index (χ3n) is 4.59. The smallest absolute Gasteiger partial charge is 0.227 e. The minimum absolute atomic E-state index is 0.0352. The summed E-state index contributed by atoms with van der Waals surface area (Å²) in [6.07, 6.45) is 5.94. The van der Waals surface area contributed by atoms with E-state index in [-0.39, 0.29) is 17.7 Å². The highest BCUT2D eigenvalue weighted by Gasteiger charge is 2.39. The van der Waals surface area contributed by atoms with Gasteiger partial charge in [0.15, 0.2) is 0 Å². The average Bonchev–Trinajstić information content (AvgIpc) is 3.38. The number of hydrogen-bond acceptors (Lipinski definition) is 3. The van der Waals surface area contributed by atoms with E-state index in [0.717, 1.165) is 25.0 Å². The summed E-state index contributed by atoms with van der Waals surface area (Å²) < 4.78 is 0. The SMILES string of the molecule is CN(CCc1ccccn1)C(=O)[C@@H]1CCC(=O)N(C2CC2)C1. The second kappa shape index (κ2) is 6.46. The van der Waals surface area contributed by atoms with Crippen LogP contribution < -0.4 is 0 Å². The zero-order chi connectivity index (χ0) is 15.5. The van der Waals surface area contributed by atoms with Crippen molar-refractivity contribution in [1.82, 2.24) is 14.8 Å². The van der Waals surface area contributed by atoms with Crippen LogP contribution in [-0.4, -0.2) is 52.8 Å². The molecule has 2 aliphatic rings. The lowest BCUT2D eigenvalue weighted by atomic mass is 9.96. The molecule has 1 saturated carbocycles. The summed E-state index contributed by atoms with van der Waals surface area (Å²) in [4.78, 5) is 32.5. The number of pyridine rings is 1. The van der Waals surface area contributed by atoms with Gasteiger partial charge in [0.25, 0.3) is 0 Å². The number of rotatable bonds is 5. The topological polar surface area (TPSA) is 53.5 Å². The number of carbonyl (C=O) groups is 2. The highest BCUT2D eigenvalue weighted by molar-refractivity contribution is 5.84. The largest absolute Gasteiger partial charge is 0.345 e. The van der Waals surface area contributed by atoms with Gasteiger partial charge in [-0.1, -0.05) is 6.07 Å². The van der Waals surface area contributed by atoms with Gasteiger partial charge in [0.1, 0.15) is 0 Å². The normalized spacial score (nSPS) is 21.8. The van der Waals surface area contributed by atoms with Crippen LogP contribution in [0.15, 0.2) is 24.4 Å². The standard InChI is InChI=1S/C17H23N3O2/c1-19(11-9-14-4-2-3-10-18-14)17(22)13-5-8-16(21)20(12-13)15-6-7-15/h2-4,10,13,15H,5-9,11-12H2,1H3/t13-/m1/s1. The zero-order valence-corrected chi connectivity index (χ0v) is 13.1. The van der Waals surface area contributed by atoms with Gasteiger partial charge in [-0.3, -0.25) is 14.6 Å². The maximum absolute atomic E-state index is 12.6. The molecule has 0 bridgehead atoms. The molecule has 2 fully saturated rings. The van der Waals surface area contributed by atoms with Crippen LogP contribution in [0.25, 0.3) is 0 Å². The number of likely N-dealkylation sites (N-methyl/N-ethyl adjacent to an activating group) is 1. The van der Waals surface area contributed by atoms with Crippen molar-refractivity contribution in [1.29, 1.82) is 0 Å². The predicted octanol–water partition coefficient (Wildman–Crippen LogP) is 1.48. The molecule has 0 N–H and O–H groups in total. The maximum atomic E-state index is 12.6. The number of nitrogens with zero attached hydrogens (tertiary/aromatic N) is 3. The van der Waals surface area contributed by atoms with Crippen LogP contribution in [-0.2, 0) is 16.0 Å². The minimum Gasteiger partial charge on any atom is -0.345 e. The molecule has 118 valence electrons. The summed E-state index contributed by atoms with van der Waals surface area (Å²) in [5.41, 5.74) is 1.00. The Hall–Kier alpha value is -1.91. The molecule has 1 aliphatic carbocycles. The van der Waals surface area contributed by atoms with Crippen LogP contribution in [0.3, 0.4) is 0 Å². The molecule has 1 saturated heterocycles. The fraction of sp³-hybridized carbons (Fsp3) is 0.588. The Morgan fingerprint density at radius 1 is 1.36 bits per heavy atom. The van der Waals surface area contributed by atoms with Crippen molar-refractivity contribution in [3.8, 4) is 0 Å². The average molecular weight is 301 g/mol. The summed E-state index contributed by atoms with van der Waals surface area (Å²) in [6.45, 7) is 1.28. The van der Waals surface area contributed by atoms with Crippen molar-refractivity contribution in [2.45, 2.75) is 38.1 Å². The number of carbonyl (C=O) groups excluding carboxylic acids is 2. The third kappa shape index (κ3) is 3.46. The summed E-state index contributed by atoms with van der Waals surface area (Å²) in [5.74, 6) is 0.351. The minimum atomic E-state index is -0.0352. The molecule has 22 heavy (non-hydrogen) atoms. The lowest BCUT2D eigenvalue weighted by Crippen LogP contribution is -2.47. The first kappa shape index (κ1) is 15.0. The van der Waals surface area contributed by atoms with Crippen LogP contribution >= 0.6 is 0 Å². The first-order chi connectivity index (χ1) is 10.6. The van der Waals surface area contributed by atoms with Crippen molar-refractivity contribution >= 4 is 11.8 Å².